The number of hydrogen-bond donors (Lipinski definition) is 4. The molecular formula is C20H24Cl2N4O2+2. The van der Waals surface area contributed by atoms with Gasteiger partial charge in [-0.05, 0) is 30.3 Å². The van der Waals surface area contributed by atoms with Crippen molar-refractivity contribution in [3.05, 3.63) is 58.6 Å². The second-order valence-electron chi connectivity index (χ2n) is 6.94. The third-order valence-corrected chi connectivity index (χ3v) is 5.31. The third kappa shape index (κ3) is 6.21. The summed E-state index contributed by atoms with van der Waals surface area (Å²) in [5.41, 5.74) is 1.34. The lowest BCUT2D eigenvalue weighted by atomic mass is 10.3. The Bertz CT molecular complexity index is 838. The number of amides is 2. The summed E-state index contributed by atoms with van der Waals surface area (Å²) in [6.45, 7) is 4.18. The minimum Gasteiger partial charge on any atom is -0.321 e. The lowest BCUT2D eigenvalue weighted by molar-refractivity contribution is -1.00. The van der Waals surface area contributed by atoms with Crippen LogP contribution in [0.25, 0.3) is 0 Å². The Balaban J connectivity index is 1.40. The average molecular weight is 423 g/mol. The van der Waals surface area contributed by atoms with Crippen molar-refractivity contribution < 1.29 is 19.4 Å². The molecule has 0 unspecified atom stereocenters. The van der Waals surface area contributed by atoms with Crippen LogP contribution in [0.2, 0.25) is 10.0 Å². The summed E-state index contributed by atoms with van der Waals surface area (Å²) in [4.78, 5) is 26.9. The molecule has 3 rings (SSSR count). The summed E-state index contributed by atoms with van der Waals surface area (Å²) in [6, 6.07) is 14.3. The maximum absolute atomic E-state index is 12.3. The maximum atomic E-state index is 12.3. The number of quaternary nitrogens is 2. The predicted octanol–water partition coefficient (Wildman–Crippen LogP) is 0.354. The van der Waals surface area contributed by atoms with Gasteiger partial charge >= 0.3 is 0 Å². The summed E-state index contributed by atoms with van der Waals surface area (Å²) in [7, 11) is 0. The molecule has 4 N–H and O–H groups in total. The van der Waals surface area contributed by atoms with E-state index >= 15 is 0 Å². The summed E-state index contributed by atoms with van der Waals surface area (Å²) < 4.78 is 0. The normalized spacial score (nSPS) is 19.1. The van der Waals surface area contributed by atoms with Gasteiger partial charge in [-0.25, -0.2) is 0 Å². The van der Waals surface area contributed by atoms with E-state index in [0.717, 1.165) is 26.2 Å². The van der Waals surface area contributed by atoms with Crippen LogP contribution in [0.1, 0.15) is 0 Å². The Morgan fingerprint density at radius 2 is 1.43 bits per heavy atom. The van der Waals surface area contributed by atoms with Gasteiger partial charge in [0.25, 0.3) is 11.8 Å². The fourth-order valence-electron chi connectivity index (χ4n) is 3.29. The number of carbonyl (C=O) groups is 2. The number of carbonyl (C=O) groups excluding carboxylic acids is 2. The number of para-hydroxylation sites is 1. The number of nitrogens with one attached hydrogen (secondary N) is 4. The van der Waals surface area contributed by atoms with Crippen LogP contribution in [0, 0.1) is 0 Å². The number of anilines is 2. The second-order valence-corrected chi connectivity index (χ2v) is 7.78. The van der Waals surface area contributed by atoms with Crippen LogP contribution in [0.3, 0.4) is 0 Å². The predicted molar refractivity (Wildman–Crippen MR) is 111 cm³/mol. The van der Waals surface area contributed by atoms with Crippen LogP contribution in [-0.2, 0) is 9.59 Å². The SMILES string of the molecule is O=C(C[NH+]1CC[NH+](CC(=O)Nc2ccccc2Cl)CC1)Nc1cccc(Cl)c1. The highest BCUT2D eigenvalue weighted by molar-refractivity contribution is 6.33. The lowest BCUT2D eigenvalue weighted by Crippen LogP contribution is -3.28. The summed E-state index contributed by atoms with van der Waals surface area (Å²) in [6.07, 6.45) is 0. The lowest BCUT2D eigenvalue weighted by Gasteiger charge is -2.29. The Morgan fingerprint density at radius 1 is 0.821 bits per heavy atom. The highest BCUT2D eigenvalue weighted by Crippen LogP contribution is 2.19. The summed E-state index contributed by atoms with van der Waals surface area (Å²) in [5, 5.41) is 6.87. The smallest absolute Gasteiger partial charge is 0.279 e. The zero-order valence-electron chi connectivity index (χ0n) is 15.4. The fraction of sp³-hybridized carbons (Fsp3) is 0.300. The van der Waals surface area contributed by atoms with Crippen molar-refractivity contribution in [2.75, 3.05) is 49.9 Å². The molecule has 0 aliphatic carbocycles. The van der Waals surface area contributed by atoms with Crippen molar-refractivity contribution >= 4 is 46.4 Å². The van der Waals surface area contributed by atoms with Crippen molar-refractivity contribution in [3.63, 3.8) is 0 Å². The molecule has 8 heteroatoms. The highest BCUT2D eigenvalue weighted by Gasteiger charge is 2.26. The molecular weight excluding hydrogens is 399 g/mol. The number of benzene rings is 2. The second kappa shape index (κ2) is 9.89. The van der Waals surface area contributed by atoms with E-state index < -0.39 is 0 Å². The first kappa shape index (κ1) is 20.6. The molecule has 0 bridgehead atoms. The molecule has 0 spiro atoms. The van der Waals surface area contributed by atoms with Gasteiger partial charge in [0.2, 0.25) is 0 Å². The van der Waals surface area contributed by atoms with Gasteiger partial charge in [0, 0.05) is 10.7 Å². The van der Waals surface area contributed by atoms with E-state index in [1.807, 2.05) is 18.2 Å². The molecule has 2 aromatic carbocycles. The van der Waals surface area contributed by atoms with Crippen molar-refractivity contribution in [2.45, 2.75) is 0 Å². The molecule has 1 heterocycles. The van der Waals surface area contributed by atoms with Crippen LogP contribution >= 0.6 is 23.2 Å². The Hall–Kier alpha value is -2.12. The van der Waals surface area contributed by atoms with Gasteiger partial charge in [-0.1, -0.05) is 41.4 Å². The summed E-state index contributed by atoms with van der Waals surface area (Å²) in [5.74, 6) is -0.0811. The molecule has 0 saturated carbocycles. The standard InChI is InChI=1S/C20H22Cl2N4O2/c21-15-4-3-5-16(12-15)23-19(27)13-25-8-10-26(11-9-25)14-20(28)24-18-7-2-1-6-17(18)22/h1-7,12H,8-11,13-14H2,(H,23,27)(H,24,28)/p+2. The quantitative estimate of drug-likeness (QED) is 0.542. The Kier molecular flexibility index (Phi) is 7.28. The van der Waals surface area contributed by atoms with Crippen LogP contribution in [0.5, 0.6) is 0 Å². The van der Waals surface area contributed by atoms with Crippen LogP contribution in [0.15, 0.2) is 48.5 Å². The van der Waals surface area contributed by atoms with Crippen molar-refractivity contribution in [3.8, 4) is 0 Å². The largest absolute Gasteiger partial charge is 0.321 e. The monoisotopic (exact) mass is 422 g/mol. The van der Waals surface area contributed by atoms with E-state index in [2.05, 4.69) is 10.6 Å². The Morgan fingerprint density at radius 3 is 2.04 bits per heavy atom. The number of hydrogen-bond acceptors (Lipinski definition) is 2. The molecule has 1 fully saturated rings. The number of halogens is 2. The fourth-order valence-corrected chi connectivity index (χ4v) is 3.67. The molecule has 148 valence electrons. The van der Waals surface area contributed by atoms with E-state index in [-0.39, 0.29) is 11.8 Å². The molecule has 0 atom stereocenters. The third-order valence-electron chi connectivity index (χ3n) is 4.74. The van der Waals surface area contributed by atoms with Crippen molar-refractivity contribution in [2.24, 2.45) is 0 Å². The molecule has 28 heavy (non-hydrogen) atoms. The van der Waals surface area contributed by atoms with Gasteiger partial charge in [0.1, 0.15) is 26.2 Å². The van der Waals surface area contributed by atoms with E-state index in [9.17, 15) is 9.59 Å². The van der Waals surface area contributed by atoms with Crippen LogP contribution in [0.4, 0.5) is 11.4 Å². The first-order valence-corrected chi connectivity index (χ1v) is 10.0. The van der Waals surface area contributed by atoms with Crippen molar-refractivity contribution in [1.29, 1.82) is 0 Å². The molecule has 6 nitrogen and oxygen atoms in total. The molecule has 0 radical (unpaired) electrons. The van der Waals surface area contributed by atoms with Gasteiger partial charge in [-0.2, -0.15) is 0 Å². The summed E-state index contributed by atoms with van der Waals surface area (Å²) >= 11 is 12.0. The minimum absolute atomic E-state index is 0.0304. The van der Waals surface area contributed by atoms with Gasteiger partial charge in [0.15, 0.2) is 13.1 Å². The van der Waals surface area contributed by atoms with Gasteiger partial charge in [0.05, 0.1) is 10.7 Å². The molecule has 2 aromatic rings. The molecule has 1 aliphatic heterocycles. The topological polar surface area (TPSA) is 67.1 Å². The zero-order chi connectivity index (χ0) is 19.9. The first-order chi connectivity index (χ1) is 13.5. The Labute approximate surface area is 174 Å². The molecule has 1 aliphatic rings. The number of piperazine rings is 1. The zero-order valence-corrected chi connectivity index (χ0v) is 16.9. The minimum atomic E-state index is -0.0507. The van der Waals surface area contributed by atoms with Gasteiger partial charge in [-0.15, -0.1) is 0 Å². The highest BCUT2D eigenvalue weighted by atomic mass is 35.5. The number of rotatable bonds is 6. The van der Waals surface area contributed by atoms with E-state index in [1.165, 1.54) is 9.80 Å². The maximum Gasteiger partial charge on any atom is 0.279 e. The van der Waals surface area contributed by atoms with E-state index in [0.29, 0.717) is 34.5 Å². The van der Waals surface area contributed by atoms with E-state index in [4.69, 9.17) is 23.2 Å². The van der Waals surface area contributed by atoms with Crippen LogP contribution < -0.4 is 20.4 Å². The average Bonchev–Trinajstić information content (AvgIpc) is 2.65. The first-order valence-electron chi connectivity index (χ1n) is 9.26. The molecule has 1 saturated heterocycles. The van der Waals surface area contributed by atoms with E-state index in [1.54, 1.807) is 30.3 Å². The van der Waals surface area contributed by atoms with Crippen molar-refractivity contribution in [1.82, 2.24) is 0 Å². The van der Waals surface area contributed by atoms with Gasteiger partial charge < -0.3 is 20.4 Å². The molecule has 2 amide bonds. The molecule has 0 aromatic heterocycles. The van der Waals surface area contributed by atoms with Crippen LogP contribution in [-0.4, -0.2) is 51.1 Å². The van der Waals surface area contributed by atoms with Gasteiger partial charge in [-0.3, -0.25) is 9.59 Å².